The van der Waals surface area contributed by atoms with Gasteiger partial charge in [-0.1, -0.05) is 44.0 Å². The summed E-state index contributed by atoms with van der Waals surface area (Å²) >= 11 is 0. The molecular weight excluding hydrogens is 240 g/mol. The van der Waals surface area contributed by atoms with Gasteiger partial charge in [-0.3, -0.25) is 0 Å². The lowest BCUT2D eigenvalue weighted by atomic mass is 10.1. The maximum atomic E-state index is 10.8. The third-order valence-electron chi connectivity index (χ3n) is 2.71. The molecule has 3 heteroatoms. The van der Waals surface area contributed by atoms with Crippen molar-refractivity contribution in [2.45, 2.75) is 32.1 Å². The minimum Gasteiger partial charge on any atom is -0.494 e. The Hall–Kier alpha value is -1.77. The first-order chi connectivity index (χ1) is 9.33. The largest absolute Gasteiger partial charge is 0.494 e. The fraction of sp³-hybridized carbons (Fsp3) is 0.438. The number of esters is 1. The first-order valence-corrected chi connectivity index (χ1v) is 6.80. The molecule has 1 aromatic carbocycles. The highest BCUT2D eigenvalue weighted by Crippen LogP contribution is 2.10. The van der Waals surface area contributed by atoms with Gasteiger partial charge in [0, 0.05) is 6.08 Å². The number of rotatable bonds is 10. The Morgan fingerprint density at radius 2 is 1.63 bits per heavy atom. The quantitative estimate of drug-likeness (QED) is 0.366. The van der Waals surface area contributed by atoms with E-state index >= 15 is 0 Å². The van der Waals surface area contributed by atoms with E-state index in [4.69, 9.17) is 9.47 Å². The van der Waals surface area contributed by atoms with Gasteiger partial charge in [0.15, 0.2) is 0 Å². The van der Waals surface area contributed by atoms with Crippen LogP contribution < -0.4 is 4.74 Å². The summed E-state index contributed by atoms with van der Waals surface area (Å²) in [4.78, 5) is 10.8. The smallest absolute Gasteiger partial charge is 0.330 e. The molecule has 0 atom stereocenters. The van der Waals surface area contributed by atoms with E-state index in [1.165, 1.54) is 6.08 Å². The molecule has 0 aromatic heterocycles. The topological polar surface area (TPSA) is 35.5 Å². The molecule has 0 saturated heterocycles. The molecular formula is C16H22O3. The number of unbranched alkanes of at least 4 members (excludes halogenated alkanes) is 4. The lowest BCUT2D eigenvalue weighted by Crippen LogP contribution is -2.01. The lowest BCUT2D eigenvalue weighted by Gasteiger charge is -2.05. The number of para-hydroxylation sites is 1. The van der Waals surface area contributed by atoms with Crippen LogP contribution in [0.2, 0.25) is 0 Å². The van der Waals surface area contributed by atoms with Gasteiger partial charge in [-0.2, -0.15) is 0 Å². The lowest BCUT2D eigenvalue weighted by molar-refractivity contribution is -0.137. The summed E-state index contributed by atoms with van der Waals surface area (Å²) in [6.45, 7) is 4.60. The predicted octanol–water partition coefficient (Wildman–Crippen LogP) is 3.75. The molecule has 104 valence electrons. The fourth-order valence-corrected chi connectivity index (χ4v) is 1.67. The number of ether oxygens (including phenoxy) is 2. The molecule has 0 heterocycles. The molecule has 0 radical (unpaired) electrons. The van der Waals surface area contributed by atoms with Crippen LogP contribution in [0.1, 0.15) is 32.1 Å². The summed E-state index contributed by atoms with van der Waals surface area (Å²) in [5.74, 6) is 0.593. The van der Waals surface area contributed by atoms with E-state index in [0.717, 1.165) is 44.5 Å². The minimum absolute atomic E-state index is 0.337. The van der Waals surface area contributed by atoms with Crippen molar-refractivity contribution >= 4 is 5.97 Å². The zero-order valence-corrected chi connectivity index (χ0v) is 11.3. The van der Waals surface area contributed by atoms with Crippen LogP contribution in [-0.4, -0.2) is 19.2 Å². The highest BCUT2D eigenvalue weighted by molar-refractivity contribution is 5.81. The third-order valence-corrected chi connectivity index (χ3v) is 2.71. The van der Waals surface area contributed by atoms with E-state index < -0.39 is 0 Å². The van der Waals surface area contributed by atoms with E-state index in [-0.39, 0.29) is 5.97 Å². The number of hydrogen-bond donors (Lipinski definition) is 0. The van der Waals surface area contributed by atoms with Gasteiger partial charge in [0.2, 0.25) is 0 Å². The van der Waals surface area contributed by atoms with Crippen molar-refractivity contribution in [3.8, 4) is 5.75 Å². The molecule has 3 nitrogen and oxygen atoms in total. The summed E-state index contributed by atoms with van der Waals surface area (Å²) in [6.07, 6.45) is 6.53. The summed E-state index contributed by atoms with van der Waals surface area (Å²) in [5, 5.41) is 0. The van der Waals surface area contributed by atoms with E-state index in [9.17, 15) is 4.79 Å². The number of hydrogen-bond acceptors (Lipinski definition) is 3. The van der Waals surface area contributed by atoms with Gasteiger partial charge in [-0.05, 0) is 25.0 Å². The zero-order chi connectivity index (χ0) is 13.8. The van der Waals surface area contributed by atoms with Crippen molar-refractivity contribution in [3.63, 3.8) is 0 Å². The van der Waals surface area contributed by atoms with Crippen molar-refractivity contribution in [2.75, 3.05) is 13.2 Å². The average molecular weight is 262 g/mol. The first kappa shape index (κ1) is 15.3. The fourth-order valence-electron chi connectivity index (χ4n) is 1.67. The Morgan fingerprint density at radius 3 is 2.32 bits per heavy atom. The van der Waals surface area contributed by atoms with Crippen molar-refractivity contribution in [2.24, 2.45) is 0 Å². The molecule has 0 N–H and O–H groups in total. The van der Waals surface area contributed by atoms with Crippen LogP contribution >= 0.6 is 0 Å². The van der Waals surface area contributed by atoms with Crippen LogP contribution in [0.15, 0.2) is 43.0 Å². The molecule has 0 fully saturated rings. The Labute approximate surface area is 115 Å². The van der Waals surface area contributed by atoms with Crippen molar-refractivity contribution in [1.82, 2.24) is 0 Å². The second-order valence-electron chi connectivity index (χ2n) is 4.30. The Bertz CT molecular complexity index is 360. The molecule has 1 aromatic rings. The predicted molar refractivity (Wildman–Crippen MR) is 76.2 cm³/mol. The van der Waals surface area contributed by atoms with Crippen LogP contribution in [0.3, 0.4) is 0 Å². The van der Waals surface area contributed by atoms with Gasteiger partial charge >= 0.3 is 5.97 Å². The molecule has 0 aliphatic rings. The number of carbonyl (C=O) groups is 1. The average Bonchev–Trinajstić information content (AvgIpc) is 2.46. The van der Waals surface area contributed by atoms with E-state index in [1.807, 2.05) is 30.3 Å². The van der Waals surface area contributed by atoms with Gasteiger partial charge in [-0.25, -0.2) is 4.79 Å². The number of benzene rings is 1. The van der Waals surface area contributed by atoms with Crippen molar-refractivity contribution in [1.29, 1.82) is 0 Å². The van der Waals surface area contributed by atoms with Crippen LogP contribution in [0.5, 0.6) is 5.75 Å². The zero-order valence-electron chi connectivity index (χ0n) is 11.3. The van der Waals surface area contributed by atoms with Gasteiger partial charge in [0.05, 0.1) is 13.2 Å². The molecule has 1 rings (SSSR count). The number of carbonyl (C=O) groups excluding carboxylic acids is 1. The van der Waals surface area contributed by atoms with Gasteiger partial charge in [0.25, 0.3) is 0 Å². The van der Waals surface area contributed by atoms with Crippen LogP contribution in [0, 0.1) is 0 Å². The first-order valence-electron chi connectivity index (χ1n) is 6.80. The molecule has 0 aliphatic carbocycles. The Balaban J connectivity index is 1.86. The van der Waals surface area contributed by atoms with Gasteiger partial charge < -0.3 is 9.47 Å². The van der Waals surface area contributed by atoms with Crippen LogP contribution in [0.25, 0.3) is 0 Å². The Morgan fingerprint density at radius 1 is 1.00 bits per heavy atom. The molecule has 0 aliphatic heterocycles. The minimum atomic E-state index is -0.337. The maximum absolute atomic E-state index is 10.8. The van der Waals surface area contributed by atoms with Crippen LogP contribution in [0.4, 0.5) is 0 Å². The molecule has 0 amide bonds. The van der Waals surface area contributed by atoms with Crippen LogP contribution in [-0.2, 0) is 9.53 Å². The summed E-state index contributed by atoms with van der Waals surface area (Å²) in [5.41, 5.74) is 0. The van der Waals surface area contributed by atoms with E-state index in [2.05, 4.69) is 6.58 Å². The van der Waals surface area contributed by atoms with E-state index in [1.54, 1.807) is 0 Å². The van der Waals surface area contributed by atoms with Crippen molar-refractivity contribution in [3.05, 3.63) is 43.0 Å². The van der Waals surface area contributed by atoms with Gasteiger partial charge in [0.1, 0.15) is 5.75 Å². The summed E-state index contributed by atoms with van der Waals surface area (Å²) in [6, 6.07) is 9.85. The monoisotopic (exact) mass is 262 g/mol. The Kier molecular flexibility index (Phi) is 8.19. The third kappa shape index (κ3) is 8.03. The maximum Gasteiger partial charge on any atom is 0.330 e. The second kappa shape index (κ2) is 10.2. The molecule has 19 heavy (non-hydrogen) atoms. The summed E-state index contributed by atoms with van der Waals surface area (Å²) in [7, 11) is 0. The van der Waals surface area contributed by atoms with Crippen molar-refractivity contribution < 1.29 is 14.3 Å². The summed E-state index contributed by atoms with van der Waals surface area (Å²) < 4.78 is 10.5. The highest BCUT2D eigenvalue weighted by atomic mass is 16.5. The van der Waals surface area contributed by atoms with Gasteiger partial charge in [-0.15, -0.1) is 0 Å². The SMILES string of the molecule is C=CC(=O)OCCCCCCCOc1ccccc1. The normalized spacial score (nSPS) is 9.89. The van der Waals surface area contributed by atoms with E-state index in [0.29, 0.717) is 6.61 Å². The molecule has 0 saturated carbocycles. The second-order valence-corrected chi connectivity index (χ2v) is 4.30. The molecule has 0 spiro atoms. The highest BCUT2D eigenvalue weighted by Gasteiger charge is 1.96. The molecule has 0 unspecified atom stereocenters. The molecule has 0 bridgehead atoms. The standard InChI is InChI=1S/C16H22O3/c1-2-16(17)19-14-10-5-3-4-9-13-18-15-11-7-6-8-12-15/h2,6-8,11-12H,1,3-5,9-10,13-14H2.